The molecule has 0 aromatic rings. The largest absolute Gasteiger partial charge is 0.324 e. The van der Waals surface area contributed by atoms with Gasteiger partial charge < -0.3 is 4.57 Å². The van der Waals surface area contributed by atoms with E-state index in [1.165, 1.54) is 180 Å². The third kappa shape index (κ3) is 41.1. The lowest BCUT2D eigenvalue weighted by atomic mass is 10.0. The fourth-order valence-electron chi connectivity index (χ4n) is 5.27. The molecular weight excluding hydrogens is 498 g/mol. The topological polar surface area (TPSA) is 17.1 Å². The minimum atomic E-state index is -1.75. The maximum atomic E-state index is 11.5. The molecule has 0 bridgehead atoms. The average molecular weight is 575 g/mol. The van der Waals surface area contributed by atoms with Crippen molar-refractivity contribution in [1.82, 2.24) is 0 Å². The van der Waals surface area contributed by atoms with Crippen LogP contribution in [0.15, 0.2) is 0 Å². The quantitative estimate of drug-likeness (QED) is 0.0641. The molecule has 0 N–H and O–H groups in total. The maximum absolute atomic E-state index is 11.5. The number of hydrogen-bond donors (Lipinski definition) is 0. The van der Waals surface area contributed by atoms with E-state index in [4.69, 9.17) is 0 Å². The molecule has 0 saturated heterocycles. The second-order valence-corrected chi connectivity index (χ2v) is 17.3. The van der Waals surface area contributed by atoms with Crippen molar-refractivity contribution in [2.24, 2.45) is 0 Å². The molecule has 0 fully saturated rings. The Bertz CT molecular complexity index is 459. The molecule has 0 amide bonds. The molecule has 0 rings (SSSR count). The van der Waals surface area contributed by atoms with Crippen molar-refractivity contribution < 1.29 is 4.57 Å². The van der Waals surface area contributed by atoms with Gasteiger partial charge in [0, 0.05) is 6.16 Å². The van der Waals surface area contributed by atoms with Crippen LogP contribution in [0.3, 0.4) is 0 Å². The zero-order valence-electron chi connectivity index (χ0n) is 27.5. The molecule has 2 unspecified atom stereocenters. The molecule has 0 aromatic heterocycles. The van der Waals surface area contributed by atoms with E-state index in [9.17, 15) is 4.57 Å². The van der Waals surface area contributed by atoms with Crippen molar-refractivity contribution in [3.05, 3.63) is 0 Å². The van der Waals surface area contributed by atoms with E-state index in [2.05, 4.69) is 30.0 Å². The van der Waals surface area contributed by atoms with Gasteiger partial charge in [-0.1, -0.05) is 181 Å². The summed E-state index contributed by atoms with van der Waals surface area (Å²) in [4.78, 5) is 0. The summed E-state index contributed by atoms with van der Waals surface area (Å²) in [6.07, 6.45) is 40.6. The van der Waals surface area contributed by atoms with Crippen LogP contribution < -0.4 is 0 Å². The van der Waals surface area contributed by atoms with Crippen molar-refractivity contribution >= 4 is 16.4 Å². The smallest absolute Gasteiger partial charge is 0.0819 e. The molecule has 0 heterocycles. The molecule has 38 heavy (non-hydrogen) atoms. The van der Waals surface area contributed by atoms with Gasteiger partial charge >= 0.3 is 0 Å². The van der Waals surface area contributed by atoms with Gasteiger partial charge in [-0.15, -0.1) is 9.24 Å². The lowest BCUT2D eigenvalue weighted by Crippen LogP contribution is -1.96. The fraction of sp³-hybridized carbons (Fsp3) is 1.00. The summed E-state index contributed by atoms with van der Waals surface area (Å²) in [5.74, 6) is 0. The second kappa shape index (κ2) is 33.9. The molecule has 3 heteroatoms. The second-order valence-electron chi connectivity index (χ2n) is 12.8. The third-order valence-corrected chi connectivity index (χ3v) is 9.95. The molecule has 0 radical (unpaired) electrons. The van der Waals surface area contributed by atoms with Gasteiger partial charge in [0.05, 0.1) is 7.14 Å². The van der Waals surface area contributed by atoms with Gasteiger partial charge in [-0.3, -0.25) is 0 Å². The van der Waals surface area contributed by atoms with Crippen molar-refractivity contribution in [3.8, 4) is 0 Å². The Kier molecular flexibility index (Phi) is 36.4. The summed E-state index contributed by atoms with van der Waals surface area (Å²) in [6.45, 7) is 10.7. The number of unbranched alkanes of at least 4 members (excludes halogenated alkanes) is 23. The Morgan fingerprint density at radius 1 is 0.421 bits per heavy atom. The molecular formula is C35H76OP2. The minimum Gasteiger partial charge on any atom is -0.324 e. The highest BCUT2D eigenvalue weighted by molar-refractivity contribution is 7.62. The first-order valence-corrected chi connectivity index (χ1v) is 21.1. The first kappa shape index (κ1) is 40.8. The van der Waals surface area contributed by atoms with Crippen LogP contribution in [0.4, 0.5) is 0 Å². The molecule has 1 nitrogen and oxygen atoms in total. The average Bonchev–Trinajstić information content (AvgIpc) is 2.87. The third-order valence-electron chi connectivity index (χ3n) is 7.89. The van der Waals surface area contributed by atoms with Crippen LogP contribution in [0.1, 0.15) is 201 Å². The molecule has 0 aliphatic rings. The molecule has 0 aliphatic heterocycles. The number of rotatable bonds is 29. The zero-order chi connectivity index (χ0) is 28.6. The molecule has 0 aliphatic carbocycles. The summed E-state index contributed by atoms with van der Waals surface area (Å²) in [6, 6.07) is 0. The van der Waals surface area contributed by atoms with Crippen LogP contribution >= 0.6 is 16.4 Å². The minimum absolute atomic E-state index is 0.883. The molecule has 232 valence electrons. The highest BCUT2D eigenvalue weighted by Gasteiger charge is 2.05. The van der Waals surface area contributed by atoms with E-state index in [1.54, 1.807) is 0 Å². The summed E-state index contributed by atoms with van der Waals surface area (Å²) in [5, 5.41) is 0. The van der Waals surface area contributed by atoms with E-state index in [1.807, 2.05) is 13.3 Å². The van der Waals surface area contributed by atoms with Gasteiger partial charge in [-0.25, -0.2) is 0 Å². The van der Waals surface area contributed by atoms with Crippen LogP contribution in [-0.2, 0) is 4.57 Å². The van der Waals surface area contributed by atoms with Crippen molar-refractivity contribution in [2.75, 3.05) is 19.5 Å². The molecule has 0 spiro atoms. The van der Waals surface area contributed by atoms with E-state index in [0.29, 0.717) is 0 Å². The van der Waals surface area contributed by atoms with E-state index in [-0.39, 0.29) is 0 Å². The van der Waals surface area contributed by atoms with Crippen molar-refractivity contribution in [2.45, 2.75) is 206 Å². The number of hydrogen-bond acceptors (Lipinski definition) is 1. The monoisotopic (exact) mass is 575 g/mol. The zero-order valence-corrected chi connectivity index (χ0v) is 29.6. The summed E-state index contributed by atoms with van der Waals surface area (Å²) < 4.78 is 11.5. The van der Waals surface area contributed by atoms with Gasteiger partial charge in [0.15, 0.2) is 0 Å². The molecule has 2 atom stereocenters. The SMILES string of the molecule is CCCCCCCCCCCCCC(P)CCC.CCCCCCCCCCCCCCCCP(C)(C)=O. The lowest BCUT2D eigenvalue weighted by molar-refractivity contribution is 0.537. The maximum Gasteiger partial charge on any atom is 0.0819 e. The van der Waals surface area contributed by atoms with Gasteiger partial charge in [0.2, 0.25) is 0 Å². The highest BCUT2D eigenvalue weighted by atomic mass is 31.2. The van der Waals surface area contributed by atoms with Gasteiger partial charge in [0.25, 0.3) is 0 Å². The van der Waals surface area contributed by atoms with Gasteiger partial charge in [-0.2, -0.15) is 0 Å². The standard InChI is InChI=1S/C18H39OP.C17H37P/c1-4-5-6-7-8-9-10-11-12-13-14-15-16-17-18-20(2,3)19;1-3-5-6-7-8-9-10-11-12-13-14-16-17(18)15-4-2/h4-18H2,1-3H3;17H,3-16,18H2,1-2H3. The fourth-order valence-corrected chi connectivity index (χ4v) is 6.83. The predicted octanol–water partition coefficient (Wildman–Crippen LogP) is 13.8. The van der Waals surface area contributed by atoms with Crippen LogP contribution in [0, 0.1) is 0 Å². The van der Waals surface area contributed by atoms with Crippen molar-refractivity contribution in [1.29, 1.82) is 0 Å². The summed E-state index contributed by atoms with van der Waals surface area (Å²) >= 11 is 0. The Balaban J connectivity index is 0. The van der Waals surface area contributed by atoms with Crippen molar-refractivity contribution in [3.63, 3.8) is 0 Å². The van der Waals surface area contributed by atoms with E-state index >= 15 is 0 Å². The lowest BCUT2D eigenvalue weighted by Gasteiger charge is -2.09. The van der Waals surface area contributed by atoms with E-state index in [0.717, 1.165) is 11.8 Å². The first-order valence-electron chi connectivity index (χ1n) is 17.7. The molecule has 0 aromatic carbocycles. The van der Waals surface area contributed by atoms with Gasteiger partial charge in [-0.05, 0) is 38.3 Å². The van der Waals surface area contributed by atoms with E-state index < -0.39 is 7.14 Å². The Morgan fingerprint density at radius 3 is 1.00 bits per heavy atom. The van der Waals surface area contributed by atoms with Crippen LogP contribution in [0.25, 0.3) is 0 Å². The van der Waals surface area contributed by atoms with Gasteiger partial charge in [0.1, 0.15) is 0 Å². The van der Waals surface area contributed by atoms with Crippen LogP contribution in [-0.4, -0.2) is 25.2 Å². The Labute approximate surface area is 246 Å². The Morgan fingerprint density at radius 2 is 0.711 bits per heavy atom. The predicted molar refractivity (Wildman–Crippen MR) is 184 cm³/mol. The normalized spacial score (nSPS) is 12.4. The van der Waals surface area contributed by atoms with Crippen LogP contribution in [0.2, 0.25) is 0 Å². The summed E-state index contributed by atoms with van der Waals surface area (Å²) in [5.41, 5.74) is 0.883. The van der Waals surface area contributed by atoms with Crippen LogP contribution in [0.5, 0.6) is 0 Å². The summed E-state index contributed by atoms with van der Waals surface area (Å²) in [7, 11) is 1.26. The molecule has 0 saturated carbocycles. The Hall–Kier alpha value is 0.660. The highest BCUT2D eigenvalue weighted by Crippen LogP contribution is 2.36. The first-order chi connectivity index (χ1) is 18.4.